The van der Waals surface area contributed by atoms with Gasteiger partial charge in [-0.1, -0.05) is 24.3 Å². The molecule has 2 fully saturated rings. The minimum atomic E-state index is -0.243. The first-order valence-corrected chi connectivity index (χ1v) is 9.47. The van der Waals surface area contributed by atoms with Gasteiger partial charge >= 0.3 is 6.03 Å². The third kappa shape index (κ3) is 4.23. The molecule has 1 unspecified atom stereocenters. The number of carbonyl (C=O) groups excluding carboxylic acids is 2. The SMILES string of the molecule is O=C1CCN(Cc2ccc(-c3cnco3)cc2)C(=O)N1CCC1COCCO1. The maximum absolute atomic E-state index is 12.8. The van der Waals surface area contributed by atoms with E-state index in [9.17, 15) is 9.59 Å². The monoisotopic (exact) mass is 385 g/mol. The molecule has 2 saturated heterocycles. The molecule has 0 aliphatic carbocycles. The molecule has 2 aliphatic rings. The lowest BCUT2D eigenvalue weighted by molar-refractivity contribution is -0.132. The summed E-state index contributed by atoms with van der Waals surface area (Å²) in [5, 5.41) is 0. The molecular weight excluding hydrogens is 362 g/mol. The van der Waals surface area contributed by atoms with E-state index in [1.165, 1.54) is 11.3 Å². The van der Waals surface area contributed by atoms with E-state index in [1.807, 2.05) is 24.3 Å². The van der Waals surface area contributed by atoms with Gasteiger partial charge in [0.25, 0.3) is 0 Å². The molecule has 28 heavy (non-hydrogen) atoms. The minimum Gasteiger partial charge on any atom is -0.444 e. The molecule has 0 N–H and O–H groups in total. The van der Waals surface area contributed by atoms with E-state index in [0.29, 0.717) is 58.1 Å². The summed E-state index contributed by atoms with van der Waals surface area (Å²) in [6, 6.07) is 7.55. The number of hydrogen-bond donors (Lipinski definition) is 0. The fourth-order valence-electron chi connectivity index (χ4n) is 3.44. The number of imide groups is 1. The predicted octanol–water partition coefficient (Wildman–Crippen LogP) is 2.30. The molecular formula is C20H23N3O5. The van der Waals surface area contributed by atoms with Crippen LogP contribution in [0.25, 0.3) is 11.3 Å². The maximum Gasteiger partial charge on any atom is 0.327 e. The summed E-state index contributed by atoms with van der Waals surface area (Å²) >= 11 is 0. The molecule has 3 heterocycles. The largest absolute Gasteiger partial charge is 0.444 e. The van der Waals surface area contributed by atoms with E-state index < -0.39 is 0 Å². The third-order valence-electron chi connectivity index (χ3n) is 5.00. The summed E-state index contributed by atoms with van der Waals surface area (Å²) in [5.74, 6) is 0.574. The van der Waals surface area contributed by atoms with Gasteiger partial charge in [-0.15, -0.1) is 0 Å². The Balaban J connectivity index is 1.36. The smallest absolute Gasteiger partial charge is 0.327 e. The van der Waals surface area contributed by atoms with Gasteiger partial charge in [0, 0.05) is 31.6 Å². The van der Waals surface area contributed by atoms with Crippen molar-refractivity contribution in [1.82, 2.24) is 14.8 Å². The first kappa shape index (κ1) is 18.6. The Labute approximate surface area is 163 Å². The Bertz CT molecular complexity index is 800. The van der Waals surface area contributed by atoms with Crippen molar-refractivity contribution in [3.63, 3.8) is 0 Å². The van der Waals surface area contributed by atoms with E-state index in [2.05, 4.69) is 4.98 Å². The molecule has 1 atom stereocenters. The number of nitrogens with zero attached hydrogens (tertiary/aromatic N) is 3. The van der Waals surface area contributed by atoms with Crippen LogP contribution in [0, 0.1) is 0 Å². The van der Waals surface area contributed by atoms with E-state index in [1.54, 1.807) is 11.1 Å². The second-order valence-corrected chi connectivity index (χ2v) is 6.92. The Kier molecular flexibility index (Phi) is 5.68. The van der Waals surface area contributed by atoms with Crippen molar-refractivity contribution in [3.8, 4) is 11.3 Å². The molecule has 2 aromatic rings. The van der Waals surface area contributed by atoms with Gasteiger partial charge in [-0.3, -0.25) is 9.69 Å². The number of oxazole rings is 1. The highest BCUT2D eigenvalue weighted by atomic mass is 16.6. The molecule has 8 nitrogen and oxygen atoms in total. The Hall–Kier alpha value is -2.71. The van der Waals surface area contributed by atoms with Crippen molar-refractivity contribution in [2.24, 2.45) is 0 Å². The maximum atomic E-state index is 12.8. The molecule has 1 aromatic heterocycles. The second kappa shape index (κ2) is 8.53. The van der Waals surface area contributed by atoms with Crippen molar-refractivity contribution >= 4 is 11.9 Å². The summed E-state index contributed by atoms with van der Waals surface area (Å²) in [6.07, 6.45) is 3.92. The van der Waals surface area contributed by atoms with Crippen LogP contribution in [0.4, 0.5) is 4.79 Å². The van der Waals surface area contributed by atoms with Gasteiger partial charge in [-0.2, -0.15) is 0 Å². The van der Waals surface area contributed by atoms with Gasteiger partial charge in [0.15, 0.2) is 12.2 Å². The summed E-state index contributed by atoms with van der Waals surface area (Å²) < 4.78 is 16.3. The second-order valence-electron chi connectivity index (χ2n) is 6.92. The van der Waals surface area contributed by atoms with Crippen LogP contribution in [-0.4, -0.2) is 65.7 Å². The molecule has 0 radical (unpaired) electrons. The van der Waals surface area contributed by atoms with Crippen LogP contribution < -0.4 is 0 Å². The normalized spacial score (nSPS) is 20.6. The average molecular weight is 385 g/mol. The molecule has 0 bridgehead atoms. The number of aromatic nitrogens is 1. The number of ether oxygens (including phenoxy) is 2. The predicted molar refractivity (Wildman–Crippen MR) is 99.3 cm³/mol. The van der Waals surface area contributed by atoms with Crippen molar-refractivity contribution < 1.29 is 23.5 Å². The quantitative estimate of drug-likeness (QED) is 0.759. The highest BCUT2D eigenvalue weighted by Gasteiger charge is 2.32. The zero-order valence-electron chi connectivity index (χ0n) is 15.6. The Morgan fingerprint density at radius 2 is 2.00 bits per heavy atom. The topological polar surface area (TPSA) is 85.1 Å². The molecule has 148 valence electrons. The van der Waals surface area contributed by atoms with Crippen molar-refractivity contribution in [3.05, 3.63) is 42.4 Å². The number of amides is 3. The standard InChI is InChI=1S/C20H23N3O5/c24-19-6-7-22(20(25)23(19)8-5-17-13-26-9-10-27-17)12-15-1-3-16(4-2-15)18-11-21-14-28-18/h1-4,11,14,17H,5-10,12-13H2. The molecule has 0 spiro atoms. The fraction of sp³-hybridized carbons (Fsp3) is 0.450. The lowest BCUT2D eigenvalue weighted by atomic mass is 10.1. The number of carbonyl (C=O) groups is 2. The van der Waals surface area contributed by atoms with Gasteiger partial charge in [-0.05, 0) is 12.0 Å². The van der Waals surface area contributed by atoms with Crippen LogP contribution in [0.5, 0.6) is 0 Å². The van der Waals surface area contributed by atoms with Crippen LogP contribution in [0.3, 0.4) is 0 Å². The number of rotatable bonds is 6. The van der Waals surface area contributed by atoms with E-state index in [4.69, 9.17) is 13.9 Å². The van der Waals surface area contributed by atoms with Gasteiger partial charge in [0.1, 0.15) is 0 Å². The Morgan fingerprint density at radius 1 is 1.14 bits per heavy atom. The molecule has 2 aliphatic heterocycles. The van der Waals surface area contributed by atoms with Gasteiger partial charge in [-0.25, -0.2) is 9.78 Å². The van der Waals surface area contributed by atoms with E-state index in [-0.39, 0.29) is 18.0 Å². The van der Waals surface area contributed by atoms with Crippen LogP contribution in [-0.2, 0) is 20.8 Å². The zero-order chi connectivity index (χ0) is 19.3. The van der Waals surface area contributed by atoms with Crippen LogP contribution in [0.1, 0.15) is 18.4 Å². The summed E-state index contributed by atoms with van der Waals surface area (Å²) in [6.45, 7) is 2.91. The van der Waals surface area contributed by atoms with Crippen molar-refractivity contribution in [2.75, 3.05) is 32.9 Å². The van der Waals surface area contributed by atoms with Gasteiger partial charge in [0.05, 0.1) is 32.1 Å². The first-order chi connectivity index (χ1) is 13.7. The van der Waals surface area contributed by atoms with Crippen LogP contribution in [0.2, 0.25) is 0 Å². The van der Waals surface area contributed by atoms with Gasteiger partial charge < -0.3 is 18.8 Å². The first-order valence-electron chi connectivity index (χ1n) is 9.47. The van der Waals surface area contributed by atoms with Crippen molar-refractivity contribution in [1.29, 1.82) is 0 Å². The lowest BCUT2D eigenvalue weighted by Gasteiger charge is -2.35. The van der Waals surface area contributed by atoms with E-state index >= 15 is 0 Å². The number of hydrogen-bond acceptors (Lipinski definition) is 6. The average Bonchev–Trinajstić information content (AvgIpc) is 3.26. The van der Waals surface area contributed by atoms with E-state index in [0.717, 1.165) is 11.1 Å². The molecule has 1 aromatic carbocycles. The van der Waals surface area contributed by atoms with Crippen LogP contribution >= 0.6 is 0 Å². The summed E-state index contributed by atoms with van der Waals surface area (Å²) in [4.78, 5) is 32.0. The third-order valence-corrected chi connectivity index (χ3v) is 5.00. The minimum absolute atomic E-state index is 0.0617. The highest BCUT2D eigenvalue weighted by Crippen LogP contribution is 2.21. The molecule has 8 heteroatoms. The summed E-state index contributed by atoms with van der Waals surface area (Å²) in [5.41, 5.74) is 1.92. The van der Waals surface area contributed by atoms with Crippen LogP contribution in [0.15, 0.2) is 41.3 Å². The van der Waals surface area contributed by atoms with Crippen molar-refractivity contribution in [2.45, 2.75) is 25.5 Å². The summed E-state index contributed by atoms with van der Waals surface area (Å²) in [7, 11) is 0. The number of urea groups is 1. The highest BCUT2D eigenvalue weighted by molar-refractivity contribution is 5.96. The molecule has 3 amide bonds. The molecule has 4 rings (SSSR count). The zero-order valence-corrected chi connectivity index (χ0v) is 15.6. The molecule has 0 saturated carbocycles. The van der Waals surface area contributed by atoms with Gasteiger partial charge in [0.2, 0.25) is 5.91 Å². The Morgan fingerprint density at radius 3 is 2.71 bits per heavy atom. The number of benzene rings is 1. The fourth-order valence-corrected chi connectivity index (χ4v) is 3.44. The lowest BCUT2D eigenvalue weighted by Crippen LogP contribution is -2.52.